The number of alkyl halides is 5. The van der Waals surface area contributed by atoms with E-state index in [0.717, 1.165) is 20.7 Å². The normalized spacial score (nSPS) is 10.1. The van der Waals surface area contributed by atoms with E-state index >= 15 is 0 Å². The number of halogens is 5. The van der Waals surface area contributed by atoms with Gasteiger partial charge >= 0.3 is 5.97 Å². The van der Waals surface area contributed by atoms with Crippen molar-refractivity contribution in [2.45, 2.75) is 42.4 Å². The minimum atomic E-state index is -0.446. The van der Waals surface area contributed by atoms with Crippen molar-refractivity contribution in [3.05, 3.63) is 162 Å². The number of esters is 1. The van der Waals surface area contributed by atoms with Crippen LogP contribution in [0.5, 0.6) is 0 Å². The van der Waals surface area contributed by atoms with Crippen molar-refractivity contribution < 1.29 is 14.6 Å². The summed E-state index contributed by atoms with van der Waals surface area (Å²) in [4.78, 5) is 18.6. The molecule has 6 aromatic carbocycles. The molecule has 0 aliphatic heterocycles. The van der Waals surface area contributed by atoms with Crippen LogP contribution in [-0.2, 0) is 16.7 Å². The largest absolute Gasteiger partial charge is 0.465 e. The number of benzene rings is 6. The van der Waals surface area contributed by atoms with Gasteiger partial charge in [-0.15, -0.1) is 70.6 Å². The second-order valence-electron chi connectivity index (χ2n) is 12.1. The average molecular weight is 1340 g/mol. The maximum atomic E-state index is 11.3. The number of aliphatic hydroxyl groups excluding tert-OH is 1. The van der Waals surface area contributed by atoms with Crippen LogP contribution in [-0.4, -0.2) is 104 Å². The van der Waals surface area contributed by atoms with Crippen molar-refractivity contribution >= 4 is 227 Å². The quantitative estimate of drug-likeness (QED) is 0.0424. The summed E-state index contributed by atoms with van der Waals surface area (Å²) in [5.74, 6) is -0.281. The number of methoxy groups -OCH3 is 1. The van der Waals surface area contributed by atoms with Crippen LogP contribution in [0.2, 0.25) is 0 Å². The number of hydrogen-bond donors (Lipinski definition) is 1. The fourth-order valence-corrected chi connectivity index (χ4v) is 11.0. The minimum absolute atomic E-state index is 0. The first kappa shape index (κ1) is 65.2. The number of ether oxygens (including phenoxy) is 1. The molecule has 17 heteroatoms. The second kappa shape index (κ2) is 38.0. The maximum absolute atomic E-state index is 11.3. The molecule has 0 aliphatic rings. The van der Waals surface area contributed by atoms with Gasteiger partial charge in [-0.3, -0.25) is 0 Å². The zero-order valence-electron chi connectivity index (χ0n) is 37.3. The van der Waals surface area contributed by atoms with Gasteiger partial charge in [0.1, 0.15) is 17.4 Å². The van der Waals surface area contributed by atoms with Crippen molar-refractivity contribution in [1.82, 2.24) is 0 Å². The summed E-state index contributed by atoms with van der Waals surface area (Å²) in [6.07, 6.45) is 12.3. The van der Waals surface area contributed by atoms with Gasteiger partial charge in [0.2, 0.25) is 0 Å². The van der Waals surface area contributed by atoms with Crippen LogP contribution in [0.1, 0.15) is 21.5 Å². The third kappa shape index (κ3) is 27.0. The van der Waals surface area contributed by atoms with Crippen molar-refractivity contribution in [2.24, 2.45) is 0 Å². The molecule has 338 valence electrons. The number of carbonyl (C=O) groups excluding carboxylic acids is 1. The molecular weight excluding hydrogens is 1290 g/mol. The predicted octanol–water partition coefficient (Wildman–Crippen LogP) is 14.9. The van der Waals surface area contributed by atoms with Gasteiger partial charge in [-0.1, -0.05) is 107 Å². The predicted molar refractivity (Wildman–Crippen MR) is 318 cm³/mol. The van der Waals surface area contributed by atoms with Crippen LogP contribution in [0.15, 0.2) is 175 Å². The van der Waals surface area contributed by atoms with Gasteiger partial charge in [0, 0.05) is 64.3 Å². The molecule has 0 amide bonds. The minimum Gasteiger partial charge on any atom is -0.465 e. The van der Waals surface area contributed by atoms with Gasteiger partial charge in [0.25, 0.3) is 0 Å². The summed E-state index contributed by atoms with van der Waals surface area (Å²) in [7, 11) is 0.950. The Bertz CT molecular complexity index is 1900. The molecule has 0 saturated carbocycles. The molecule has 0 aliphatic carbocycles. The number of rotatable bonds is 12. The molecule has 2 radical (unpaired) electrons. The second-order valence-corrected chi connectivity index (χ2v) is 31.3. The summed E-state index contributed by atoms with van der Waals surface area (Å²) in [5, 5.41) is 14.1. The first-order valence-electron chi connectivity index (χ1n) is 18.4. The Balaban J connectivity index is 0.000000804. The number of carbonyl (C=O) groups is 1. The summed E-state index contributed by atoms with van der Waals surface area (Å²) in [6, 6.07) is 50.9. The Hall–Kier alpha value is 1.21. The van der Waals surface area contributed by atoms with Gasteiger partial charge in [-0.2, -0.15) is 0 Å². The van der Waals surface area contributed by atoms with Crippen molar-refractivity contribution in [3.8, 4) is 0 Å². The van der Waals surface area contributed by atoms with E-state index in [1.807, 2.05) is 49.3 Å². The summed E-state index contributed by atoms with van der Waals surface area (Å²) >= 11 is 26.2. The Kier molecular flexibility index (Phi) is 38.7. The Morgan fingerprint density at radius 2 is 0.797 bits per heavy atom. The molecule has 64 heavy (non-hydrogen) atoms. The SMILES string of the molecule is BrC(Br)(Br)Br.COC(=O)c1cc(SC)cc(SC)c1.CSc1cc(CBr)cc(SC)c1.CSc1cc(CO)cc(SC)c1.[AlH2].[Na].c1ccc(P(c2ccccc2)c2ccccc2)cc1. The fraction of sp³-hybridized carbons (Fsp3) is 0.213. The van der Waals surface area contributed by atoms with Crippen LogP contribution in [0.3, 0.4) is 0 Å². The third-order valence-corrected chi connectivity index (χ3v) is 15.3. The summed E-state index contributed by atoms with van der Waals surface area (Å²) < 4.78 is 4.43. The molecule has 6 aromatic rings. The number of thioether (sulfide) groups is 6. The smallest absolute Gasteiger partial charge is 0.337 e. The van der Waals surface area contributed by atoms with E-state index in [-0.39, 0.29) is 60.5 Å². The van der Waals surface area contributed by atoms with E-state index in [9.17, 15) is 4.79 Å². The van der Waals surface area contributed by atoms with Crippen molar-refractivity contribution in [2.75, 3.05) is 44.6 Å². The van der Waals surface area contributed by atoms with Crippen LogP contribution < -0.4 is 15.9 Å². The Labute approximate surface area is 484 Å². The molecule has 0 atom stereocenters. The molecule has 6 rings (SSSR count). The molecule has 0 saturated heterocycles. The van der Waals surface area contributed by atoms with E-state index in [1.165, 1.54) is 48.2 Å². The van der Waals surface area contributed by atoms with Crippen LogP contribution in [0.4, 0.5) is 0 Å². The van der Waals surface area contributed by atoms with Gasteiger partial charge in [-0.25, -0.2) is 4.79 Å². The first-order chi connectivity index (χ1) is 29.7. The summed E-state index contributed by atoms with van der Waals surface area (Å²) in [6.45, 7) is 0.127. The molecular formula is C47H52AlBr5NaO3PS6. The van der Waals surface area contributed by atoms with Gasteiger partial charge < -0.3 is 9.84 Å². The van der Waals surface area contributed by atoms with E-state index in [1.54, 1.807) is 70.6 Å². The Morgan fingerprint density at radius 3 is 1.03 bits per heavy atom. The first-order valence-corrected chi connectivity index (χ1v) is 31.4. The van der Waals surface area contributed by atoms with E-state index in [4.69, 9.17) is 5.11 Å². The molecule has 0 aromatic heterocycles. The molecule has 0 spiro atoms. The molecule has 0 heterocycles. The van der Waals surface area contributed by atoms with Crippen LogP contribution in [0, 0.1) is 0 Å². The van der Waals surface area contributed by atoms with Crippen LogP contribution >= 0.6 is 158 Å². The number of hydrogen-bond acceptors (Lipinski definition) is 9. The van der Waals surface area contributed by atoms with Gasteiger partial charge in [0.15, 0.2) is 1.05 Å². The molecule has 1 N–H and O–H groups in total. The van der Waals surface area contributed by atoms with Gasteiger partial charge in [-0.05, 0) is 191 Å². The zero-order chi connectivity index (χ0) is 45.9. The van der Waals surface area contributed by atoms with E-state index in [0.29, 0.717) is 5.56 Å². The fourth-order valence-electron chi connectivity index (χ4n) is 5.12. The topological polar surface area (TPSA) is 46.5 Å². The van der Waals surface area contributed by atoms with Crippen molar-refractivity contribution in [3.63, 3.8) is 0 Å². The Morgan fingerprint density at radius 1 is 0.531 bits per heavy atom. The van der Waals surface area contributed by atoms with Gasteiger partial charge in [0.05, 0.1) is 19.3 Å². The standard InChI is InChI=1S/C18H15P.C10H12O2S2.C9H11BrS2.C9H12OS2.CBr4.Al.Na.2H/c1-4-10-16(11-5-1)19(17-12-6-2-7-13-17)18-14-8-3-9-15-18;1-12-10(11)7-4-8(13-2)6-9(5-7)14-3;2*1-11-8-3-7(6-10)4-9(5-8)12-2;2-1(3,4)5;;;;/h1-15H;4-6H,1-3H3;3-5H,6H2,1-2H3;3-5,10H,6H2,1-2H3;;;;;. The monoisotopic (exact) mass is 1330 g/mol. The molecule has 3 nitrogen and oxygen atoms in total. The zero-order valence-corrected chi connectivity index (χ0v) is 55.0. The van der Waals surface area contributed by atoms with E-state index < -0.39 is 7.92 Å². The van der Waals surface area contributed by atoms with Crippen LogP contribution in [0.25, 0.3) is 0 Å². The maximum Gasteiger partial charge on any atom is 0.337 e. The third-order valence-electron chi connectivity index (χ3n) is 7.98. The molecule has 0 fully saturated rings. The average Bonchev–Trinajstić information content (AvgIpc) is 3.31. The summed E-state index contributed by atoms with van der Waals surface area (Å²) in [5.41, 5.74) is 2.96. The number of aliphatic hydroxyl groups is 1. The molecule has 0 unspecified atom stereocenters. The van der Waals surface area contributed by atoms with Crippen molar-refractivity contribution in [1.29, 1.82) is 0 Å². The molecule has 0 bridgehead atoms. The van der Waals surface area contributed by atoms with E-state index in [2.05, 4.69) is 218 Å².